The zero-order valence-electron chi connectivity index (χ0n) is 19.3. The number of ketones is 1. The predicted octanol–water partition coefficient (Wildman–Crippen LogP) is 4.09. The Morgan fingerprint density at radius 3 is 2.26 bits per heavy atom. The van der Waals surface area contributed by atoms with Gasteiger partial charge in [0.05, 0.1) is 36.4 Å². The summed E-state index contributed by atoms with van der Waals surface area (Å²) in [6, 6.07) is 6.60. The average Bonchev–Trinajstić information content (AvgIpc) is 3.04. The Labute approximate surface area is 207 Å². The van der Waals surface area contributed by atoms with Crippen LogP contribution >= 0.6 is 23.2 Å². The minimum atomic E-state index is -0.882. The van der Waals surface area contributed by atoms with Gasteiger partial charge in [0.25, 0.3) is 11.7 Å². The number of carbonyl (C=O) groups is 2. The van der Waals surface area contributed by atoms with E-state index in [4.69, 9.17) is 32.7 Å². The molecule has 1 unspecified atom stereocenters. The fraction of sp³-hybridized carbons (Fsp3) is 0.333. The largest absolute Gasteiger partial charge is 0.508 e. The standard InChI is InChI=1S/C24H26Cl2N2O6/c1-27(2)10-5-11-28-19(13-6-8-14(29)9-7-13)17(21(31)24(28)32)20(30)15-12-16(25)23(34-4)18(26)22(15)33-3/h6-9,12,19,29-30H,5,10-11H2,1-4H3/b20-17+. The number of nitrogens with zero attached hydrogens (tertiary/aromatic N) is 2. The van der Waals surface area contributed by atoms with E-state index in [1.165, 1.54) is 37.3 Å². The summed E-state index contributed by atoms with van der Waals surface area (Å²) in [6.45, 7) is 0.981. The fourth-order valence-electron chi connectivity index (χ4n) is 3.96. The summed E-state index contributed by atoms with van der Waals surface area (Å²) in [7, 11) is 6.56. The molecule has 2 N–H and O–H groups in total. The average molecular weight is 509 g/mol. The number of phenolic OH excluding ortho intramolecular Hbond substituents is 1. The zero-order chi connectivity index (χ0) is 25.2. The molecule has 1 aliphatic rings. The van der Waals surface area contributed by atoms with Crippen molar-refractivity contribution in [2.24, 2.45) is 0 Å². The molecule has 8 nitrogen and oxygen atoms in total. The van der Waals surface area contributed by atoms with Crippen molar-refractivity contribution in [3.05, 3.63) is 57.1 Å². The molecule has 0 spiro atoms. The maximum Gasteiger partial charge on any atom is 0.295 e. The monoisotopic (exact) mass is 508 g/mol. The third-order valence-electron chi connectivity index (χ3n) is 5.55. The first-order chi connectivity index (χ1) is 16.1. The van der Waals surface area contributed by atoms with Crippen molar-refractivity contribution in [3.8, 4) is 17.2 Å². The first kappa shape index (κ1) is 25.7. The molecule has 1 heterocycles. The lowest BCUT2D eigenvalue weighted by Crippen LogP contribution is -2.32. The third-order valence-corrected chi connectivity index (χ3v) is 6.17. The number of hydrogen-bond acceptors (Lipinski definition) is 7. The summed E-state index contributed by atoms with van der Waals surface area (Å²) >= 11 is 12.7. The van der Waals surface area contributed by atoms with E-state index in [2.05, 4.69) is 0 Å². The van der Waals surface area contributed by atoms with Crippen LogP contribution in [0.15, 0.2) is 35.9 Å². The van der Waals surface area contributed by atoms with E-state index >= 15 is 0 Å². The number of carbonyl (C=O) groups excluding carboxylic acids is 2. The minimum Gasteiger partial charge on any atom is -0.508 e. The van der Waals surface area contributed by atoms with Crippen LogP contribution in [0.4, 0.5) is 0 Å². The van der Waals surface area contributed by atoms with Crippen LogP contribution in [0.3, 0.4) is 0 Å². The maximum atomic E-state index is 13.2. The summed E-state index contributed by atoms with van der Waals surface area (Å²) in [6.07, 6.45) is 0.609. The van der Waals surface area contributed by atoms with Gasteiger partial charge in [0.2, 0.25) is 0 Å². The highest BCUT2D eigenvalue weighted by atomic mass is 35.5. The number of halogens is 2. The molecule has 1 saturated heterocycles. The van der Waals surface area contributed by atoms with Gasteiger partial charge in [-0.15, -0.1) is 0 Å². The first-order valence-corrected chi connectivity index (χ1v) is 11.2. The molecule has 1 amide bonds. The Morgan fingerprint density at radius 1 is 1.09 bits per heavy atom. The Bertz CT molecular complexity index is 1130. The molecular weight excluding hydrogens is 483 g/mol. The molecule has 3 rings (SSSR count). The van der Waals surface area contributed by atoms with Crippen LogP contribution in [0.25, 0.3) is 5.76 Å². The number of ether oxygens (including phenoxy) is 2. The number of aliphatic hydroxyl groups excluding tert-OH is 1. The number of benzene rings is 2. The second kappa shape index (κ2) is 10.5. The van der Waals surface area contributed by atoms with E-state index in [0.717, 1.165) is 0 Å². The van der Waals surface area contributed by atoms with E-state index in [0.29, 0.717) is 18.5 Å². The molecule has 0 saturated carbocycles. The SMILES string of the molecule is COc1c(Cl)cc(/C(O)=C2\C(=O)C(=O)N(CCCN(C)C)C2c2ccc(O)cc2)c(OC)c1Cl. The summed E-state index contributed by atoms with van der Waals surface area (Å²) in [5.74, 6) is -1.83. The van der Waals surface area contributed by atoms with Gasteiger partial charge in [0.15, 0.2) is 11.5 Å². The molecule has 182 valence electrons. The third kappa shape index (κ3) is 4.80. The van der Waals surface area contributed by atoms with Crippen LogP contribution < -0.4 is 9.47 Å². The molecule has 0 aliphatic carbocycles. The van der Waals surface area contributed by atoms with Gasteiger partial charge in [-0.2, -0.15) is 0 Å². The van der Waals surface area contributed by atoms with E-state index in [1.807, 2.05) is 19.0 Å². The molecule has 1 fully saturated rings. The van der Waals surface area contributed by atoms with E-state index in [-0.39, 0.29) is 45.0 Å². The van der Waals surface area contributed by atoms with Crippen molar-refractivity contribution >= 4 is 40.7 Å². The number of rotatable bonds is 8. The van der Waals surface area contributed by atoms with Crippen molar-refractivity contribution in [1.82, 2.24) is 9.80 Å². The van der Waals surface area contributed by atoms with Gasteiger partial charge in [-0.3, -0.25) is 9.59 Å². The highest BCUT2D eigenvalue weighted by molar-refractivity contribution is 6.47. The second-order valence-electron chi connectivity index (χ2n) is 8.03. The Kier molecular flexibility index (Phi) is 7.97. The lowest BCUT2D eigenvalue weighted by atomic mass is 9.94. The molecule has 1 atom stereocenters. The molecule has 2 aromatic carbocycles. The quantitative estimate of drug-likeness (QED) is 0.314. The number of likely N-dealkylation sites (tertiary alicyclic amines) is 1. The van der Waals surface area contributed by atoms with Crippen molar-refractivity contribution in [3.63, 3.8) is 0 Å². The van der Waals surface area contributed by atoms with Gasteiger partial charge in [-0.25, -0.2) is 0 Å². The highest BCUT2D eigenvalue weighted by Gasteiger charge is 2.46. The molecule has 1 aliphatic heterocycles. The molecule has 0 radical (unpaired) electrons. The van der Waals surface area contributed by atoms with Crippen molar-refractivity contribution in [1.29, 1.82) is 0 Å². The molecule has 34 heavy (non-hydrogen) atoms. The topological polar surface area (TPSA) is 99.5 Å². The minimum absolute atomic E-state index is 0.0143. The molecule has 0 aromatic heterocycles. The molecule has 0 bridgehead atoms. The molecule has 2 aromatic rings. The lowest BCUT2D eigenvalue weighted by Gasteiger charge is -2.26. The number of Topliss-reactive ketones (excluding diaryl/α,β-unsaturated/α-hetero) is 1. The van der Waals surface area contributed by atoms with Crippen LogP contribution in [0.5, 0.6) is 17.2 Å². The van der Waals surface area contributed by atoms with Crippen LogP contribution in [0, 0.1) is 0 Å². The number of aromatic hydroxyl groups is 1. The Balaban J connectivity index is 2.22. The smallest absolute Gasteiger partial charge is 0.295 e. The van der Waals surface area contributed by atoms with Crippen LogP contribution in [-0.2, 0) is 9.59 Å². The molecular formula is C24H26Cl2N2O6. The summed E-state index contributed by atoms with van der Waals surface area (Å²) in [4.78, 5) is 29.6. The van der Waals surface area contributed by atoms with Gasteiger partial charge >= 0.3 is 0 Å². The number of amides is 1. The van der Waals surface area contributed by atoms with Crippen LogP contribution in [0.1, 0.15) is 23.6 Å². The second-order valence-corrected chi connectivity index (χ2v) is 8.81. The number of hydrogen-bond donors (Lipinski definition) is 2. The van der Waals surface area contributed by atoms with Crippen molar-refractivity contribution in [2.75, 3.05) is 41.4 Å². The van der Waals surface area contributed by atoms with Gasteiger partial charge in [-0.1, -0.05) is 35.3 Å². The summed E-state index contributed by atoms with van der Waals surface area (Å²) in [5.41, 5.74) is 0.470. The molecule has 10 heteroatoms. The van der Waals surface area contributed by atoms with Gasteiger partial charge < -0.3 is 29.5 Å². The van der Waals surface area contributed by atoms with Crippen molar-refractivity contribution < 1.29 is 29.3 Å². The van der Waals surface area contributed by atoms with E-state index in [1.54, 1.807) is 12.1 Å². The maximum absolute atomic E-state index is 13.2. The summed E-state index contributed by atoms with van der Waals surface area (Å²) < 4.78 is 10.6. The summed E-state index contributed by atoms with van der Waals surface area (Å²) in [5, 5.41) is 21.2. The number of aliphatic hydroxyl groups is 1. The highest BCUT2D eigenvalue weighted by Crippen LogP contribution is 2.47. The van der Waals surface area contributed by atoms with Gasteiger partial charge in [0.1, 0.15) is 16.5 Å². The number of methoxy groups -OCH3 is 2. The van der Waals surface area contributed by atoms with Gasteiger partial charge in [-0.05, 0) is 50.8 Å². The van der Waals surface area contributed by atoms with Crippen molar-refractivity contribution in [2.45, 2.75) is 12.5 Å². The van der Waals surface area contributed by atoms with Gasteiger partial charge in [0, 0.05) is 6.54 Å². The lowest BCUT2D eigenvalue weighted by molar-refractivity contribution is -0.139. The van der Waals surface area contributed by atoms with Crippen LogP contribution in [-0.4, -0.2) is 73.1 Å². The Morgan fingerprint density at radius 2 is 1.71 bits per heavy atom. The van der Waals surface area contributed by atoms with Crippen LogP contribution in [0.2, 0.25) is 10.0 Å². The first-order valence-electron chi connectivity index (χ1n) is 10.4. The zero-order valence-corrected chi connectivity index (χ0v) is 20.8. The normalized spacial score (nSPS) is 17.5. The Hall–Kier alpha value is -2.94. The number of phenols is 1. The predicted molar refractivity (Wildman–Crippen MR) is 130 cm³/mol. The van der Waals surface area contributed by atoms with E-state index < -0.39 is 23.5 Å². The van der Waals surface area contributed by atoms with E-state index in [9.17, 15) is 19.8 Å². The fourth-order valence-corrected chi connectivity index (χ4v) is 4.65.